The van der Waals surface area contributed by atoms with Crippen molar-refractivity contribution in [1.82, 2.24) is 0 Å². The molecular weight excluding hydrogens is 260 g/mol. The van der Waals surface area contributed by atoms with E-state index in [0.717, 1.165) is 37.0 Å². The lowest BCUT2D eigenvalue weighted by atomic mass is 9.47. The van der Waals surface area contributed by atoms with E-state index in [2.05, 4.69) is 19.9 Å². The Bertz CT molecular complexity index is 470. The molecule has 7 atom stereocenters. The number of hydrogen-bond donors (Lipinski definition) is 2. The first-order chi connectivity index (χ1) is 9.95. The maximum Gasteiger partial charge on any atom is 0.0724 e. The molecule has 0 bridgehead atoms. The van der Waals surface area contributed by atoms with Gasteiger partial charge in [-0.25, -0.2) is 0 Å². The molecule has 0 aromatic rings. The van der Waals surface area contributed by atoms with Crippen LogP contribution in [-0.2, 0) is 0 Å². The number of aliphatic hydroxyl groups is 2. The van der Waals surface area contributed by atoms with Gasteiger partial charge in [-0.3, -0.25) is 0 Å². The fourth-order valence-electron chi connectivity index (χ4n) is 6.68. The largest absolute Gasteiger partial charge is 0.393 e. The molecule has 2 nitrogen and oxygen atoms in total. The predicted octanol–water partition coefficient (Wildman–Crippen LogP) is 3.67. The molecule has 0 heterocycles. The van der Waals surface area contributed by atoms with Crippen LogP contribution in [0.5, 0.6) is 0 Å². The van der Waals surface area contributed by atoms with Gasteiger partial charge < -0.3 is 10.2 Å². The second-order valence-electron chi connectivity index (χ2n) is 8.77. The molecule has 0 aliphatic heterocycles. The number of rotatable bonds is 0. The number of aliphatic hydroxyl groups excluding tert-OH is 2. The third-order valence-electron chi connectivity index (χ3n) is 8.04. The van der Waals surface area contributed by atoms with E-state index in [1.165, 1.54) is 32.1 Å². The van der Waals surface area contributed by atoms with Crippen molar-refractivity contribution < 1.29 is 10.2 Å². The van der Waals surface area contributed by atoms with Crippen LogP contribution < -0.4 is 0 Å². The van der Waals surface area contributed by atoms with Gasteiger partial charge in [0.2, 0.25) is 0 Å². The summed E-state index contributed by atoms with van der Waals surface area (Å²) < 4.78 is 0. The highest BCUT2D eigenvalue weighted by atomic mass is 16.3. The van der Waals surface area contributed by atoms with Crippen LogP contribution in [0.1, 0.15) is 65.2 Å². The molecule has 4 rings (SSSR count). The molecule has 2 heteroatoms. The molecule has 0 aromatic carbocycles. The second-order valence-corrected chi connectivity index (χ2v) is 8.77. The van der Waals surface area contributed by atoms with Crippen molar-refractivity contribution in [1.29, 1.82) is 0 Å². The van der Waals surface area contributed by atoms with Crippen molar-refractivity contribution in [3.63, 3.8) is 0 Å². The topological polar surface area (TPSA) is 40.5 Å². The van der Waals surface area contributed by atoms with E-state index in [-0.39, 0.29) is 17.6 Å². The molecule has 3 saturated carbocycles. The van der Waals surface area contributed by atoms with E-state index in [9.17, 15) is 10.2 Å². The quantitative estimate of drug-likeness (QED) is 0.668. The zero-order valence-corrected chi connectivity index (χ0v) is 13.5. The van der Waals surface area contributed by atoms with E-state index < -0.39 is 0 Å². The van der Waals surface area contributed by atoms with Gasteiger partial charge in [0, 0.05) is 0 Å². The highest BCUT2D eigenvalue weighted by molar-refractivity contribution is 5.25. The molecule has 0 aromatic heterocycles. The molecule has 0 unspecified atom stereocenters. The summed E-state index contributed by atoms with van der Waals surface area (Å²) in [6.45, 7) is 4.82. The lowest BCUT2D eigenvalue weighted by Crippen LogP contribution is -2.51. The third kappa shape index (κ3) is 1.84. The first kappa shape index (κ1) is 14.3. The summed E-state index contributed by atoms with van der Waals surface area (Å²) in [5, 5.41) is 20.4. The monoisotopic (exact) mass is 290 g/mol. The SMILES string of the molecule is C[C@]12CC[C@H]3[C@H](CCC4=C[C@@H](O)CC[C@@]43C)[C@@H]1CC[C@H]2O. The average Bonchev–Trinajstić information content (AvgIpc) is 2.76. The zero-order valence-electron chi connectivity index (χ0n) is 13.5. The Kier molecular flexibility index (Phi) is 3.11. The molecular formula is C19H30O2. The van der Waals surface area contributed by atoms with E-state index >= 15 is 0 Å². The Morgan fingerprint density at radius 1 is 0.952 bits per heavy atom. The van der Waals surface area contributed by atoms with E-state index in [4.69, 9.17) is 0 Å². The Morgan fingerprint density at radius 2 is 1.76 bits per heavy atom. The van der Waals surface area contributed by atoms with Gasteiger partial charge in [0.15, 0.2) is 0 Å². The maximum absolute atomic E-state index is 10.5. The van der Waals surface area contributed by atoms with Gasteiger partial charge in [-0.1, -0.05) is 25.5 Å². The smallest absolute Gasteiger partial charge is 0.0724 e. The summed E-state index contributed by atoms with van der Waals surface area (Å²) in [6, 6.07) is 0. The van der Waals surface area contributed by atoms with Gasteiger partial charge in [0.25, 0.3) is 0 Å². The van der Waals surface area contributed by atoms with Gasteiger partial charge in [0.05, 0.1) is 12.2 Å². The first-order valence-corrected chi connectivity index (χ1v) is 9.02. The minimum absolute atomic E-state index is 0.0682. The minimum Gasteiger partial charge on any atom is -0.393 e. The van der Waals surface area contributed by atoms with Crippen molar-refractivity contribution in [3.8, 4) is 0 Å². The Morgan fingerprint density at radius 3 is 2.57 bits per heavy atom. The van der Waals surface area contributed by atoms with E-state index in [1.807, 2.05) is 0 Å². The van der Waals surface area contributed by atoms with Crippen LogP contribution in [0, 0.1) is 28.6 Å². The van der Waals surface area contributed by atoms with Crippen molar-refractivity contribution in [2.24, 2.45) is 28.6 Å². The number of hydrogen-bond acceptors (Lipinski definition) is 2. The molecule has 118 valence electrons. The van der Waals surface area contributed by atoms with Crippen molar-refractivity contribution in [2.75, 3.05) is 0 Å². The average molecular weight is 290 g/mol. The minimum atomic E-state index is -0.202. The summed E-state index contributed by atoms with van der Waals surface area (Å²) >= 11 is 0. The van der Waals surface area contributed by atoms with Gasteiger partial charge >= 0.3 is 0 Å². The highest BCUT2D eigenvalue weighted by Crippen LogP contribution is 2.65. The number of fused-ring (bicyclic) bond motifs is 5. The predicted molar refractivity (Wildman–Crippen MR) is 83.7 cm³/mol. The van der Waals surface area contributed by atoms with Crippen LogP contribution in [0.3, 0.4) is 0 Å². The maximum atomic E-state index is 10.5. The third-order valence-corrected chi connectivity index (χ3v) is 8.04. The lowest BCUT2D eigenvalue weighted by molar-refractivity contribution is -0.0761. The van der Waals surface area contributed by atoms with Gasteiger partial charge in [0.1, 0.15) is 0 Å². The fraction of sp³-hybridized carbons (Fsp3) is 0.895. The summed E-state index contributed by atoms with van der Waals surface area (Å²) in [5.41, 5.74) is 2.06. The summed E-state index contributed by atoms with van der Waals surface area (Å²) in [5.74, 6) is 2.32. The highest BCUT2D eigenvalue weighted by Gasteiger charge is 2.58. The Hall–Kier alpha value is -0.340. The van der Waals surface area contributed by atoms with Crippen molar-refractivity contribution in [2.45, 2.75) is 77.4 Å². The molecule has 4 aliphatic carbocycles. The van der Waals surface area contributed by atoms with E-state index in [0.29, 0.717) is 5.41 Å². The van der Waals surface area contributed by atoms with Crippen LogP contribution >= 0.6 is 0 Å². The van der Waals surface area contributed by atoms with Crippen molar-refractivity contribution in [3.05, 3.63) is 11.6 Å². The number of allylic oxidation sites excluding steroid dienone is 1. The van der Waals surface area contributed by atoms with Gasteiger partial charge in [-0.05, 0) is 80.0 Å². The first-order valence-electron chi connectivity index (χ1n) is 9.02. The van der Waals surface area contributed by atoms with Crippen LogP contribution in [0.15, 0.2) is 11.6 Å². The molecule has 0 saturated heterocycles. The Labute approximate surface area is 128 Å². The van der Waals surface area contributed by atoms with Gasteiger partial charge in [-0.15, -0.1) is 0 Å². The Balaban J connectivity index is 1.67. The van der Waals surface area contributed by atoms with Crippen LogP contribution in [0.25, 0.3) is 0 Å². The molecule has 0 amide bonds. The summed E-state index contributed by atoms with van der Waals surface area (Å²) in [4.78, 5) is 0. The standard InChI is InChI=1S/C19H30O2/c1-18-9-7-13(20)11-12(18)3-4-14-15-5-6-17(21)19(15,2)10-8-16(14)18/h11,13-17,20-21H,3-10H2,1-2H3/t13-,14+,15-,16-,17+,18-,19-/m0/s1. The molecule has 21 heavy (non-hydrogen) atoms. The van der Waals surface area contributed by atoms with Crippen LogP contribution in [-0.4, -0.2) is 22.4 Å². The molecule has 4 aliphatic rings. The van der Waals surface area contributed by atoms with Crippen LogP contribution in [0.4, 0.5) is 0 Å². The second kappa shape index (κ2) is 4.58. The summed E-state index contributed by atoms with van der Waals surface area (Å²) in [6.07, 6.45) is 11.2. The molecule has 0 radical (unpaired) electrons. The normalized spacial score (nSPS) is 56.2. The lowest BCUT2D eigenvalue weighted by Gasteiger charge is -2.58. The summed E-state index contributed by atoms with van der Waals surface area (Å²) in [7, 11) is 0. The van der Waals surface area contributed by atoms with Gasteiger partial charge in [-0.2, -0.15) is 0 Å². The molecule has 2 N–H and O–H groups in total. The molecule has 3 fully saturated rings. The molecule has 0 spiro atoms. The van der Waals surface area contributed by atoms with Crippen LogP contribution in [0.2, 0.25) is 0 Å². The zero-order chi connectivity index (χ0) is 14.8. The fourth-order valence-corrected chi connectivity index (χ4v) is 6.68. The van der Waals surface area contributed by atoms with Crippen molar-refractivity contribution >= 4 is 0 Å². The van der Waals surface area contributed by atoms with E-state index in [1.54, 1.807) is 5.57 Å².